The number of piperidine rings is 2. The average Bonchev–Trinajstić information content (AvgIpc) is 2.96. The van der Waals surface area contributed by atoms with E-state index in [1.54, 1.807) is 0 Å². The minimum atomic E-state index is -0.0564. The van der Waals surface area contributed by atoms with Gasteiger partial charge in [-0.2, -0.15) is 0 Å². The molecule has 0 aromatic rings. The van der Waals surface area contributed by atoms with Gasteiger partial charge in [-0.3, -0.25) is 0 Å². The molecule has 4 nitrogen and oxygen atoms in total. The van der Waals surface area contributed by atoms with Crippen molar-refractivity contribution in [2.45, 2.75) is 78.7 Å². The van der Waals surface area contributed by atoms with Gasteiger partial charge in [-0.25, -0.2) is 0 Å². The van der Waals surface area contributed by atoms with Gasteiger partial charge < -0.3 is 19.9 Å². The number of likely N-dealkylation sites (tertiary alicyclic amines) is 2. The van der Waals surface area contributed by atoms with E-state index in [1.165, 1.54) is 45.3 Å². The number of amides is 1. The molecule has 3 fully saturated rings. The maximum absolute atomic E-state index is 12.0. The third kappa shape index (κ3) is 6.83. The van der Waals surface area contributed by atoms with Gasteiger partial charge in [0.2, 0.25) is 0 Å². The van der Waals surface area contributed by atoms with Crippen LogP contribution in [-0.2, 0) is 37.5 Å². The quantitative estimate of drug-likeness (QED) is 0.656. The Balaban J connectivity index is 0.000000791. The molecular formula is C21H40N3OY-. The second-order valence-corrected chi connectivity index (χ2v) is 8.63. The second-order valence-electron chi connectivity index (χ2n) is 8.63. The second kappa shape index (κ2) is 12.1. The Kier molecular flexibility index (Phi) is 11.5. The van der Waals surface area contributed by atoms with Crippen molar-refractivity contribution < 1.29 is 37.5 Å². The summed E-state index contributed by atoms with van der Waals surface area (Å²) in [6.07, 6.45) is 8.42. The van der Waals surface area contributed by atoms with Crippen LogP contribution in [0.4, 0.5) is 0 Å². The van der Waals surface area contributed by atoms with Crippen LogP contribution in [0.2, 0.25) is 0 Å². The normalized spacial score (nSPS) is 24.1. The number of hydrogen-bond donors (Lipinski definition) is 0. The van der Waals surface area contributed by atoms with Gasteiger partial charge in [-0.15, -0.1) is 6.54 Å². The molecule has 5 heteroatoms. The first-order chi connectivity index (χ1) is 12.0. The summed E-state index contributed by atoms with van der Waals surface area (Å²) in [6, 6.07) is 0.702. The van der Waals surface area contributed by atoms with Gasteiger partial charge >= 0.3 is 0 Å². The molecule has 3 aliphatic heterocycles. The van der Waals surface area contributed by atoms with Crippen LogP contribution in [0.5, 0.6) is 0 Å². The fourth-order valence-corrected chi connectivity index (χ4v) is 4.44. The van der Waals surface area contributed by atoms with Gasteiger partial charge in [0, 0.05) is 44.2 Å². The summed E-state index contributed by atoms with van der Waals surface area (Å²) < 4.78 is 0. The Bertz CT molecular complexity index is 400. The first kappa shape index (κ1) is 24.5. The predicted molar refractivity (Wildman–Crippen MR) is 106 cm³/mol. The summed E-state index contributed by atoms with van der Waals surface area (Å²) in [5, 5.41) is 4.12. The zero-order valence-corrected chi connectivity index (χ0v) is 20.5. The molecule has 3 heterocycles. The summed E-state index contributed by atoms with van der Waals surface area (Å²) in [5.41, 5.74) is -0.0564. The Hall–Kier alpha value is 0.494. The Morgan fingerprint density at radius 3 is 2.12 bits per heavy atom. The molecule has 0 bridgehead atoms. The number of hydrogen-bond acceptors (Lipinski definition) is 3. The van der Waals surface area contributed by atoms with Crippen LogP contribution in [0.15, 0.2) is 0 Å². The van der Waals surface area contributed by atoms with E-state index >= 15 is 0 Å². The average molecular weight is 439 g/mol. The topological polar surface area (TPSA) is 37.7 Å². The maximum Gasteiger partial charge on any atom is 0.0574 e. The summed E-state index contributed by atoms with van der Waals surface area (Å²) in [6.45, 7) is 15.6. The van der Waals surface area contributed by atoms with Crippen LogP contribution >= 0.6 is 0 Å². The largest absolute Gasteiger partial charge is 0.653 e. The van der Waals surface area contributed by atoms with E-state index in [1.807, 2.05) is 0 Å². The molecular weight excluding hydrogens is 399 g/mol. The zero-order chi connectivity index (χ0) is 18.3. The van der Waals surface area contributed by atoms with Crippen LogP contribution in [0.3, 0.4) is 0 Å². The molecule has 3 aliphatic rings. The molecule has 1 amide bonds. The summed E-state index contributed by atoms with van der Waals surface area (Å²) in [4.78, 5) is 17.2. The summed E-state index contributed by atoms with van der Waals surface area (Å²) in [5.74, 6) is 1.11. The Morgan fingerprint density at radius 2 is 1.65 bits per heavy atom. The minimum Gasteiger partial charge on any atom is -0.653 e. The third-order valence-electron chi connectivity index (χ3n) is 6.35. The molecule has 0 aromatic carbocycles. The van der Waals surface area contributed by atoms with Crippen molar-refractivity contribution in [3.8, 4) is 0 Å². The SMILES string of the molecule is CC(C)N1CCC(CCN2CCC3(CC[N-]C3=O)CC2)CC1.CCC.[Y]. The van der Waals surface area contributed by atoms with Crippen LogP contribution in [0.1, 0.15) is 72.6 Å². The Morgan fingerprint density at radius 1 is 1.08 bits per heavy atom. The maximum atomic E-state index is 12.0. The fraction of sp³-hybridized carbons (Fsp3) is 0.952. The van der Waals surface area contributed by atoms with Crippen LogP contribution in [0, 0.1) is 11.3 Å². The fourth-order valence-electron chi connectivity index (χ4n) is 4.44. The number of carbonyl (C=O) groups is 1. The molecule has 0 saturated carbocycles. The van der Waals surface area contributed by atoms with E-state index in [4.69, 9.17) is 0 Å². The molecule has 0 atom stereocenters. The summed E-state index contributed by atoms with van der Waals surface area (Å²) in [7, 11) is 0. The smallest absolute Gasteiger partial charge is 0.0574 e. The molecule has 1 spiro atoms. The standard InChI is InChI=1S/C18H33N3O.C3H8.Y/c1-15(2)21-11-4-16(5-12-21)3-10-20-13-7-18(8-14-20)6-9-19-17(18)22;1-3-2;/h15-16H,3-14H2,1-2H3,(H,19,22);3H2,1-2H3;/p-1. The predicted octanol–water partition coefficient (Wildman–Crippen LogP) is 4.30. The molecule has 149 valence electrons. The molecule has 26 heavy (non-hydrogen) atoms. The number of rotatable bonds is 4. The van der Waals surface area contributed by atoms with Gasteiger partial charge in [0.15, 0.2) is 0 Å². The molecule has 0 unspecified atom stereocenters. The first-order valence-corrected chi connectivity index (χ1v) is 10.7. The zero-order valence-electron chi connectivity index (χ0n) is 17.7. The monoisotopic (exact) mass is 439 g/mol. The third-order valence-corrected chi connectivity index (χ3v) is 6.35. The van der Waals surface area contributed by atoms with Crippen LogP contribution in [0.25, 0.3) is 5.32 Å². The van der Waals surface area contributed by atoms with Crippen molar-refractivity contribution in [2.75, 3.05) is 39.3 Å². The van der Waals surface area contributed by atoms with Crippen molar-refractivity contribution in [3.05, 3.63) is 5.32 Å². The molecule has 1 radical (unpaired) electrons. The van der Waals surface area contributed by atoms with Crippen molar-refractivity contribution in [2.24, 2.45) is 11.3 Å². The van der Waals surface area contributed by atoms with Gasteiger partial charge in [0.1, 0.15) is 0 Å². The van der Waals surface area contributed by atoms with E-state index in [0.29, 0.717) is 6.04 Å². The number of nitrogens with zero attached hydrogens (tertiary/aromatic N) is 3. The van der Waals surface area contributed by atoms with E-state index < -0.39 is 0 Å². The van der Waals surface area contributed by atoms with E-state index in [9.17, 15) is 4.79 Å². The van der Waals surface area contributed by atoms with Crippen molar-refractivity contribution >= 4 is 5.91 Å². The van der Waals surface area contributed by atoms with Gasteiger partial charge in [-0.05, 0) is 84.6 Å². The molecule has 0 N–H and O–H groups in total. The molecule has 3 rings (SSSR count). The number of carbonyl (C=O) groups excluding carboxylic acids is 1. The van der Waals surface area contributed by atoms with E-state index in [-0.39, 0.29) is 44.0 Å². The van der Waals surface area contributed by atoms with Crippen LogP contribution in [-0.4, -0.2) is 61.0 Å². The molecule has 3 saturated heterocycles. The van der Waals surface area contributed by atoms with E-state index in [0.717, 1.165) is 44.8 Å². The van der Waals surface area contributed by atoms with Gasteiger partial charge in [0.25, 0.3) is 0 Å². The summed E-state index contributed by atoms with van der Waals surface area (Å²) >= 11 is 0. The molecule has 0 aromatic heterocycles. The van der Waals surface area contributed by atoms with Crippen molar-refractivity contribution in [1.82, 2.24) is 9.80 Å². The molecule has 0 aliphatic carbocycles. The minimum absolute atomic E-state index is 0. The van der Waals surface area contributed by atoms with Gasteiger partial charge in [-0.1, -0.05) is 26.7 Å². The van der Waals surface area contributed by atoms with Crippen LogP contribution < -0.4 is 0 Å². The van der Waals surface area contributed by atoms with Crippen molar-refractivity contribution in [3.63, 3.8) is 0 Å². The Labute approximate surface area is 187 Å². The van der Waals surface area contributed by atoms with Crippen molar-refractivity contribution in [1.29, 1.82) is 0 Å². The van der Waals surface area contributed by atoms with E-state index in [2.05, 4.69) is 42.8 Å². The first-order valence-electron chi connectivity index (χ1n) is 10.7. The van der Waals surface area contributed by atoms with Gasteiger partial charge in [0.05, 0.1) is 5.91 Å².